The molecule has 0 bridgehead atoms. The molecule has 1 aliphatic rings. The number of carbonyl (C=O) groups is 1. The van der Waals surface area contributed by atoms with Crippen molar-refractivity contribution >= 4 is 17.4 Å². The van der Waals surface area contributed by atoms with Crippen molar-refractivity contribution in [1.82, 2.24) is 4.98 Å². The maximum absolute atomic E-state index is 11.0. The van der Waals surface area contributed by atoms with Crippen LogP contribution in [0.2, 0.25) is 0 Å². The summed E-state index contributed by atoms with van der Waals surface area (Å²) < 4.78 is 0. The molecule has 0 aromatic carbocycles. The minimum absolute atomic E-state index is 0.0601. The number of carbonyl (C=O) groups excluding carboxylic acids is 1. The molecular weight excluding hydrogens is 236 g/mol. The van der Waals surface area contributed by atoms with Gasteiger partial charge in [0.05, 0.1) is 4.91 Å². The molecule has 3 N–H and O–H groups in total. The van der Waals surface area contributed by atoms with Gasteiger partial charge in [0.15, 0.2) is 0 Å². The van der Waals surface area contributed by atoms with Crippen LogP contribution in [0.15, 0.2) is 18.3 Å². The van der Waals surface area contributed by atoms with Gasteiger partial charge in [0.1, 0.15) is 12.0 Å². The lowest BCUT2D eigenvalue weighted by atomic mass is 9.96. The van der Waals surface area contributed by atoms with E-state index in [-0.39, 0.29) is 22.4 Å². The first kappa shape index (κ1) is 12.3. The highest BCUT2D eigenvalue weighted by Crippen LogP contribution is 2.22. The first-order valence-corrected chi connectivity index (χ1v) is 5.74. The second-order valence-corrected chi connectivity index (χ2v) is 4.31. The Hall–Kier alpha value is -2.18. The monoisotopic (exact) mass is 251 g/mol. The van der Waals surface area contributed by atoms with E-state index < -0.39 is 0 Å². The maximum Gasteiger partial charge on any atom is 0.334 e. The van der Waals surface area contributed by atoms with Gasteiger partial charge in [-0.05, 0) is 18.9 Å². The van der Waals surface area contributed by atoms with Crippen molar-refractivity contribution < 1.29 is 14.9 Å². The van der Waals surface area contributed by atoms with Gasteiger partial charge in [0.2, 0.25) is 5.91 Å². The van der Waals surface area contributed by atoms with Crippen LogP contribution in [0.3, 0.4) is 0 Å². The highest BCUT2D eigenvalue weighted by Gasteiger charge is 2.24. The molecule has 1 aromatic rings. The van der Waals surface area contributed by atoms with Crippen LogP contribution in [0, 0.1) is 10.8 Å². The van der Waals surface area contributed by atoms with Crippen LogP contribution in [-0.4, -0.2) is 34.1 Å². The topological polar surface area (TPSA) is 99.5 Å². The number of nitrogens with two attached hydrogens (primary N) is 1. The van der Waals surface area contributed by atoms with E-state index >= 15 is 0 Å². The lowest BCUT2D eigenvalue weighted by molar-refractivity contribution is -0.729. The Labute approximate surface area is 104 Å². The van der Waals surface area contributed by atoms with Crippen molar-refractivity contribution in [3.8, 4) is 0 Å². The van der Waals surface area contributed by atoms with Gasteiger partial charge in [0.25, 0.3) is 4.92 Å². The third-order valence-electron chi connectivity index (χ3n) is 3.17. The Morgan fingerprint density at radius 1 is 1.44 bits per heavy atom. The van der Waals surface area contributed by atoms with Crippen LogP contribution in [0.4, 0.5) is 11.5 Å². The summed E-state index contributed by atoms with van der Waals surface area (Å²) in [6.07, 6.45) is 2.74. The van der Waals surface area contributed by atoms with E-state index in [2.05, 4.69) is 4.98 Å². The fourth-order valence-corrected chi connectivity index (χ4v) is 2.07. The van der Waals surface area contributed by atoms with Crippen molar-refractivity contribution in [2.24, 2.45) is 11.7 Å². The number of hydrogen-bond acceptors (Lipinski definition) is 4. The highest BCUT2D eigenvalue weighted by atomic mass is 16.6. The molecule has 1 saturated heterocycles. The predicted octanol–water partition coefficient (Wildman–Crippen LogP) is 0.583. The minimum atomic E-state index is -0.250. The Morgan fingerprint density at radius 2 is 2.11 bits per heavy atom. The number of hydrogen-bond donors (Lipinski definition) is 2. The number of pyridine rings is 1. The molecule has 0 spiro atoms. The van der Waals surface area contributed by atoms with Gasteiger partial charge in [-0.1, -0.05) is 0 Å². The normalized spacial score (nSPS) is 16.6. The van der Waals surface area contributed by atoms with Crippen molar-refractivity contribution in [3.63, 3.8) is 0 Å². The predicted molar refractivity (Wildman–Crippen MR) is 63.4 cm³/mol. The first-order chi connectivity index (χ1) is 8.58. The quantitative estimate of drug-likeness (QED) is 0.765. The molecule has 18 heavy (non-hydrogen) atoms. The van der Waals surface area contributed by atoms with Crippen LogP contribution in [0.5, 0.6) is 0 Å². The number of anilines is 1. The van der Waals surface area contributed by atoms with Gasteiger partial charge in [-0.15, -0.1) is 0 Å². The van der Waals surface area contributed by atoms with Crippen LogP contribution >= 0.6 is 0 Å². The SMILES string of the molecule is NC(=O)C1CCN(c2ccc([N+](=O)O)cn2)CC1. The van der Waals surface area contributed by atoms with Crippen molar-refractivity contribution in [1.29, 1.82) is 0 Å². The fraction of sp³-hybridized carbons (Fsp3) is 0.455. The fourth-order valence-electron chi connectivity index (χ4n) is 2.07. The Bertz CT molecular complexity index is 452. The summed E-state index contributed by atoms with van der Waals surface area (Å²) in [5.74, 6) is 0.416. The van der Waals surface area contributed by atoms with E-state index in [0.29, 0.717) is 25.9 Å². The zero-order valence-corrected chi connectivity index (χ0v) is 9.82. The van der Waals surface area contributed by atoms with Gasteiger partial charge >= 0.3 is 5.69 Å². The maximum atomic E-state index is 11.0. The summed E-state index contributed by atoms with van der Waals surface area (Å²) in [4.78, 5) is 27.6. The van der Waals surface area contributed by atoms with Crippen LogP contribution < -0.4 is 10.6 Å². The Morgan fingerprint density at radius 3 is 2.56 bits per heavy atom. The van der Waals surface area contributed by atoms with E-state index in [9.17, 15) is 9.70 Å². The molecule has 96 valence electrons. The van der Waals surface area contributed by atoms with Crippen molar-refractivity contribution in [2.75, 3.05) is 18.0 Å². The summed E-state index contributed by atoms with van der Waals surface area (Å²) in [6, 6.07) is 3.16. The number of piperidine rings is 1. The lowest BCUT2D eigenvalue weighted by Crippen LogP contribution is -2.38. The molecule has 0 unspecified atom stereocenters. The molecule has 1 fully saturated rings. The molecule has 1 aromatic heterocycles. The largest absolute Gasteiger partial charge is 0.369 e. The number of nitrogens with zero attached hydrogens (tertiary/aromatic N) is 3. The third-order valence-corrected chi connectivity index (χ3v) is 3.17. The second-order valence-electron chi connectivity index (χ2n) is 4.31. The average molecular weight is 251 g/mol. The molecule has 0 radical (unpaired) electrons. The lowest BCUT2D eigenvalue weighted by Gasteiger charge is -2.31. The van der Waals surface area contributed by atoms with Gasteiger partial charge in [0, 0.05) is 25.1 Å². The Balaban J connectivity index is 2.01. The molecule has 2 rings (SSSR count). The smallest absolute Gasteiger partial charge is 0.334 e. The summed E-state index contributed by atoms with van der Waals surface area (Å²) in [5, 5.41) is 8.69. The molecule has 0 aliphatic carbocycles. The minimum Gasteiger partial charge on any atom is -0.369 e. The standard InChI is InChI=1S/C11H14N4O3/c12-11(16)8-3-5-14(6-4-8)10-2-1-9(7-13-10)15(17)18/h1-2,7-8H,3-6H2,(H2-,12,16,17,18)/p+1. The van der Waals surface area contributed by atoms with Gasteiger partial charge in [-0.3, -0.25) is 4.79 Å². The zero-order valence-electron chi connectivity index (χ0n) is 9.82. The van der Waals surface area contributed by atoms with Gasteiger partial charge < -0.3 is 10.6 Å². The highest BCUT2D eigenvalue weighted by molar-refractivity contribution is 5.76. The molecule has 1 aliphatic heterocycles. The van der Waals surface area contributed by atoms with Crippen LogP contribution in [-0.2, 0) is 4.79 Å². The van der Waals surface area contributed by atoms with Crippen LogP contribution in [0.1, 0.15) is 12.8 Å². The first-order valence-electron chi connectivity index (χ1n) is 5.74. The van der Waals surface area contributed by atoms with Gasteiger partial charge in [-0.25, -0.2) is 10.2 Å². The van der Waals surface area contributed by atoms with Gasteiger partial charge in [-0.2, -0.15) is 0 Å². The summed E-state index contributed by atoms with van der Waals surface area (Å²) in [7, 11) is 0. The van der Waals surface area contributed by atoms with E-state index in [1.807, 2.05) is 4.90 Å². The number of rotatable bonds is 3. The van der Waals surface area contributed by atoms with E-state index in [1.54, 1.807) is 6.07 Å². The average Bonchev–Trinajstić information content (AvgIpc) is 2.39. The molecule has 2 heterocycles. The second kappa shape index (κ2) is 4.99. The van der Waals surface area contributed by atoms with E-state index in [0.717, 1.165) is 5.82 Å². The van der Waals surface area contributed by atoms with E-state index in [1.165, 1.54) is 12.3 Å². The zero-order chi connectivity index (χ0) is 13.1. The third kappa shape index (κ3) is 2.55. The number of primary amides is 1. The molecule has 0 saturated carbocycles. The summed E-state index contributed by atoms with van der Waals surface area (Å²) in [6.45, 7) is 1.42. The Kier molecular flexibility index (Phi) is 3.40. The molecule has 7 nitrogen and oxygen atoms in total. The van der Waals surface area contributed by atoms with E-state index in [4.69, 9.17) is 10.9 Å². The number of aromatic nitrogens is 1. The summed E-state index contributed by atoms with van der Waals surface area (Å²) in [5.41, 5.74) is 5.35. The van der Waals surface area contributed by atoms with Crippen LogP contribution in [0.25, 0.3) is 0 Å². The summed E-state index contributed by atoms with van der Waals surface area (Å²) >= 11 is 0. The number of amides is 1. The molecular formula is C11H15N4O3+. The molecule has 7 heteroatoms. The molecule has 0 atom stereocenters. The van der Waals surface area contributed by atoms with Crippen molar-refractivity contribution in [2.45, 2.75) is 12.8 Å². The van der Waals surface area contributed by atoms with Crippen molar-refractivity contribution in [3.05, 3.63) is 23.2 Å². The molecule has 1 amide bonds.